The summed E-state index contributed by atoms with van der Waals surface area (Å²) in [4.78, 5) is 12.2. The fourth-order valence-electron chi connectivity index (χ4n) is 2.17. The number of piperidine rings is 1. The summed E-state index contributed by atoms with van der Waals surface area (Å²) in [6, 6.07) is 7.59. The van der Waals surface area contributed by atoms with E-state index < -0.39 is 0 Å². The van der Waals surface area contributed by atoms with Gasteiger partial charge in [0.25, 0.3) is 5.91 Å². The Hall–Kier alpha value is -1.26. The molecule has 0 saturated carbocycles. The zero-order valence-corrected chi connectivity index (χ0v) is 12.0. The molecule has 1 fully saturated rings. The van der Waals surface area contributed by atoms with E-state index in [2.05, 4.69) is 10.6 Å². The van der Waals surface area contributed by atoms with Crippen LogP contribution in [0.2, 0.25) is 0 Å². The topological polar surface area (TPSA) is 50.4 Å². The second-order valence-corrected chi connectivity index (χ2v) is 4.45. The van der Waals surface area contributed by atoms with E-state index in [0.29, 0.717) is 17.9 Å². The van der Waals surface area contributed by atoms with Gasteiger partial charge in [0, 0.05) is 12.6 Å². The zero-order valence-electron chi connectivity index (χ0n) is 11.1. The predicted octanol–water partition coefficient (Wildman–Crippen LogP) is 1.99. The maximum Gasteiger partial charge on any atom is 0.255 e. The Morgan fingerprint density at radius 1 is 1.47 bits per heavy atom. The fourth-order valence-corrected chi connectivity index (χ4v) is 2.17. The molecule has 0 spiro atoms. The molecule has 5 heteroatoms. The van der Waals surface area contributed by atoms with Crippen LogP contribution in [-0.4, -0.2) is 31.6 Å². The molecule has 1 aliphatic rings. The Bertz CT molecular complexity index is 406. The van der Waals surface area contributed by atoms with E-state index in [1.54, 1.807) is 6.07 Å². The minimum atomic E-state index is -0.0484. The van der Waals surface area contributed by atoms with Crippen LogP contribution < -0.4 is 15.4 Å². The first-order chi connectivity index (χ1) is 8.81. The fraction of sp³-hybridized carbons (Fsp3) is 0.500. The van der Waals surface area contributed by atoms with Gasteiger partial charge in [-0.2, -0.15) is 0 Å². The van der Waals surface area contributed by atoms with E-state index in [4.69, 9.17) is 4.74 Å². The minimum Gasteiger partial charge on any atom is -0.493 e. The normalized spacial score (nSPS) is 18.3. The molecule has 4 nitrogen and oxygen atoms in total. The summed E-state index contributed by atoms with van der Waals surface area (Å²) < 4.78 is 5.47. The van der Waals surface area contributed by atoms with Crippen molar-refractivity contribution in [1.29, 1.82) is 0 Å². The number of carbonyl (C=O) groups is 1. The zero-order chi connectivity index (χ0) is 12.8. The summed E-state index contributed by atoms with van der Waals surface area (Å²) in [7, 11) is 0. The lowest BCUT2D eigenvalue weighted by Crippen LogP contribution is -2.45. The Morgan fingerprint density at radius 2 is 2.26 bits per heavy atom. The van der Waals surface area contributed by atoms with Crippen molar-refractivity contribution in [3.63, 3.8) is 0 Å². The van der Waals surface area contributed by atoms with Crippen molar-refractivity contribution in [3.8, 4) is 5.75 Å². The number of para-hydroxylation sites is 1. The number of ether oxygens (including phenoxy) is 1. The van der Waals surface area contributed by atoms with Gasteiger partial charge in [0.15, 0.2) is 0 Å². The number of carbonyl (C=O) groups excluding carboxylic acids is 1. The van der Waals surface area contributed by atoms with Crippen molar-refractivity contribution in [2.75, 3.05) is 19.7 Å². The van der Waals surface area contributed by atoms with Crippen LogP contribution in [0.25, 0.3) is 0 Å². The van der Waals surface area contributed by atoms with Crippen LogP contribution in [-0.2, 0) is 0 Å². The molecule has 1 aromatic carbocycles. The Kier molecular flexibility index (Phi) is 6.67. The van der Waals surface area contributed by atoms with Crippen LogP contribution in [0.15, 0.2) is 24.3 Å². The minimum absolute atomic E-state index is 0. The monoisotopic (exact) mass is 284 g/mol. The van der Waals surface area contributed by atoms with Gasteiger partial charge >= 0.3 is 0 Å². The van der Waals surface area contributed by atoms with E-state index in [9.17, 15) is 4.79 Å². The van der Waals surface area contributed by atoms with Gasteiger partial charge < -0.3 is 15.4 Å². The quantitative estimate of drug-likeness (QED) is 0.889. The summed E-state index contributed by atoms with van der Waals surface area (Å²) in [5.41, 5.74) is 0.616. The molecule has 1 saturated heterocycles. The lowest BCUT2D eigenvalue weighted by Gasteiger charge is -2.24. The van der Waals surface area contributed by atoms with Gasteiger partial charge in [0.1, 0.15) is 5.75 Å². The molecular weight excluding hydrogens is 264 g/mol. The second-order valence-electron chi connectivity index (χ2n) is 4.45. The van der Waals surface area contributed by atoms with Gasteiger partial charge in [-0.1, -0.05) is 12.1 Å². The number of hydrogen-bond acceptors (Lipinski definition) is 3. The Labute approximate surface area is 120 Å². The van der Waals surface area contributed by atoms with Gasteiger partial charge in [0.05, 0.1) is 12.2 Å². The van der Waals surface area contributed by atoms with Gasteiger partial charge in [0.2, 0.25) is 0 Å². The molecule has 2 rings (SSSR count). The lowest BCUT2D eigenvalue weighted by molar-refractivity contribution is 0.0927. The van der Waals surface area contributed by atoms with E-state index in [1.807, 2.05) is 25.1 Å². The Morgan fingerprint density at radius 3 is 2.95 bits per heavy atom. The predicted molar refractivity (Wildman–Crippen MR) is 78.2 cm³/mol. The number of amides is 1. The van der Waals surface area contributed by atoms with E-state index >= 15 is 0 Å². The maximum absolute atomic E-state index is 12.2. The maximum atomic E-state index is 12.2. The number of hydrogen-bond donors (Lipinski definition) is 2. The van der Waals surface area contributed by atoms with Crippen LogP contribution in [0.3, 0.4) is 0 Å². The number of benzene rings is 1. The molecule has 1 aromatic rings. The van der Waals surface area contributed by atoms with Crippen molar-refractivity contribution in [2.45, 2.75) is 25.8 Å². The van der Waals surface area contributed by atoms with Gasteiger partial charge in [-0.3, -0.25) is 4.79 Å². The number of nitrogens with one attached hydrogen (secondary N) is 2. The summed E-state index contributed by atoms with van der Waals surface area (Å²) >= 11 is 0. The SMILES string of the molecule is CCOc1ccccc1C(=O)N[C@@H]1CCCNC1.Cl. The standard InChI is InChI=1S/C14H20N2O2.ClH/c1-2-18-13-8-4-3-7-12(13)14(17)16-11-6-5-9-15-10-11;/h3-4,7-8,11,15H,2,5-6,9-10H2,1H3,(H,16,17);1H/t11-;/m1./s1. The highest BCUT2D eigenvalue weighted by Gasteiger charge is 2.18. The van der Waals surface area contributed by atoms with Crippen molar-refractivity contribution in [1.82, 2.24) is 10.6 Å². The van der Waals surface area contributed by atoms with Gasteiger partial charge in [-0.05, 0) is 38.4 Å². The lowest BCUT2D eigenvalue weighted by atomic mass is 10.1. The van der Waals surface area contributed by atoms with Crippen LogP contribution in [0.5, 0.6) is 5.75 Å². The van der Waals surface area contributed by atoms with Crippen molar-refractivity contribution in [3.05, 3.63) is 29.8 Å². The largest absolute Gasteiger partial charge is 0.493 e. The summed E-state index contributed by atoms with van der Waals surface area (Å²) in [6.07, 6.45) is 2.15. The first kappa shape index (κ1) is 15.8. The van der Waals surface area contributed by atoms with Gasteiger partial charge in [-0.15, -0.1) is 12.4 Å². The molecule has 1 heterocycles. The molecule has 0 radical (unpaired) electrons. The smallest absolute Gasteiger partial charge is 0.255 e. The highest BCUT2D eigenvalue weighted by Crippen LogP contribution is 2.18. The van der Waals surface area contributed by atoms with Crippen molar-refractivity contribution >= 4 is 18.3 Å². The third-order valence-electron chi connectivity index (χ3n) is 3.06. The highest BCUT2D eigenvalue weighted by molar-refractivity contribution is 5.97. The molecule has 19 heavy (non-hydrogen) atoms. The molecule has 0 bridgehead atoms. The second kappa shape index (κ2) is 8.02. The molecule has 106 valence electrons. The number of halogens is 1. The van der Waals surface area contributed by atoms with Crippen LogP contribution in [0.1, 0.15) is 30.1 Å². The molecular formula is C14H21ClN2O2. The summed E-state index contributed by atoms with van der Waals surface area (Å²) in [5.74, 6) is 0.606. The summed E-state index contributed by atoms with van der Waals surface area (Å²) in [6.45, 7) is 4.37. The molecule has 2 N–H and O–H groups in total. The average Bonchev–Trinajstić information content (AvgIpc) is 2.41. The molecule has 1 amide bonds. The third kappa shape index (κ3) is 4.40. The van der Waals surface area contributed by atoms with Crippen molar-refractivity contribution in [2.24, 2.45) is 0 Å². The van der Waals surface area contributed by atoms with Crippen LogP contribution in [0.4, 0.5) is 0 Å². The molecule has 0 aromatic heterocycles. The van der Waals surface area contributed by atoms with Gasteiger partial charge in [-0.25, -0.2) is 0 Å². The third-order valence-corrected chi connectivity index (χ3v) is 3.06. The van der Waals surface area contributed by atoms with E-state index in [1.165, 1.54) is 0 Å². The van der Waals surface area contributed by atoms with E-state index in [0.717, 1.165) is 25.9 Å². The van der Waals surface area contributed by atoms with E-state index in [-0.39, 0.29) is 24.4 Å². The number of rotatable bonds is 4. The first-order valence-corrected chi connectivity index (χ1v) is 6.54. The van der Waals surface area contributed by atoms with Crippen molar-refractivity contribution < 1.29 is 9.53 Å². The summed E-state index contributed by atoms with van der Waals surface area (Å²) in [5, 5.41) is 6.34. The Balaban J connectivity index is 0.00000180. The molecule has 0 aliphatic carbocycles. The molecule has 0 unspecified atom stereocenters. The van der Waals surface area contributed by atoms with Crippen LogP contribution in [0, 0.1) is 0 Å². The average molecular weight is 285 g/mol. The first-order valence-electron chi connectivity index (χ1n) is 6.54. The van der Waals surface area contributed by atoms with Crippen LogP contribution >= 0.6 is 12.4 Å². The highest BCUT2D eigenvalue weighted by atomic mass is 35.5. The molecule has 1 aliphatic heterocycles. The molecule has 1 atom stereocenters.